The summed E-state index contributed by atoms with van der Waals surface area (Å²) in [4.78, 5) is 2.60. The summed E-state index contributed by atoms with van der Waals surface area (Å²) in [5.74, 6) is 0.478. The number of hydrogen-bond acceptors (Lipinski definition) is 2. The number of phenols is 1. The molecule has 0 saturated carbocycles. The fourth-order valence-corrected chi connectivity index (χ4v) is 3.17. The van der Waals surface area contributed by atoms with Crippen molar-refractivity contribution in [2.24, 2.45) is 0 Å². The lowest BCUT2D eigenvalue weighted by Crippen LogP contribution is -2.27. The van der Waals surface area contributed by atoms with Gasteiger partial charge in [0.2, 0.25) is 0 Å². The van der Waals surface area contributed by atoms with Crippen molar-refractivity contribution in [2.45, 2.75) is 79.1 Å². The third-order valence-corrected chi connectivity index (χ3v) is 4.69. The second-order valence-corrected chi connectivity index (χ2v) is 7.21. The highest BCUT2D eigenvalue weighted by atomic mass is 16.3. The maximum Gasteiger partial charge on any atom is 0.125 e. The molecule has 0 aliphatic rings. The van der Waals surface area contributed by atoms with Crippen LogP contribution in [0.1, 0.15) is 82.4 Å². The van der Waals surface area contributed by atoms with Crippen LogP contribution in [0.15, 0.2) is 18.2 Å². The number of aromatic hydroxyl groups is 1. The first-order valence-electron chi connectivity index (χ1n) is 10.3. The topological polar surface area (TPSA) is 23.5 Å². The maximum atomic E-state index is 10.6. The van der Waals surface area contributed by atoms with Crippen molar-refractivity contribution in [3.8, 4) is 5.75 Å². The van der Waals surface area contributed by atoms with E-state index in [1.165, 1.54) is 44.3 Å². The Morgan fingerprint density at radius 2 is 1.56 bits per heavy atom. The molecule has 0 aromatic heterocycles. The van der Waals surface area contributed by atoms with E-state index < -0.39 is 0 Å². The van der Waals surface area contributed by atoms with E-state index in [-0.39, 0.29) is 0 Å². The van der Waals surface area contributed by atoms with Gasteiger partial charge < -0.3 is 10.0 Å². The van der Waals surface area contributed by atoms with Gasteiger partial charge in [0.25, 0.3) is 0 Å². The minimum Gasteiger partial charge on any atom is -0.507 e. The summed E-state index contributed by atoms with van der Waals surface area (Å²) in [6.45, 7) is 12.4. The second-order valence-electron chi connectivity index (χ2n) is 7.21. The molecule has 0 fully saturated rings. The molecule has 0 atom stereocenters. The quantitative estimate of drug-likeness (QED) is 0.450. The van der Waals surface area contributed by atoms with E-state index in [1.807, 2.05) is 0 Å². The Morgan fingerprint density at radius 1 is 0.920 bits per heavy atom. The molecule has 1 N–H and O–H groups in total. The Hall–Kier alpha value is -1.28. The summed E-state index contributed by atoms with van der Waals surface area (Å²) in [6.07, 6.45) is 13.6. The number of unbranched alkanes of at least 4 members (excludes halogenated alkanes) is 3. The van der Waals surface area contributed by atoms with Gasteiger partial charge in [-0.3, -0.25) is 0 Å². The van der Waals surface area contributed by atoms with E-state index in [0.29, 0.717) is 5.75 Å². The molecule has 142 valence electrons. The van der Waals surface area contributed by atoms with Crippen molar-refractivity contribution in [3.63, 3.8) is 0 Å². The third kappa shape index (κ3) is 8.58. The van der Waals surface area contributed by atoms with Gasteiger partial charge in [0.05, 0.1) is 0 Å². The van der Waals surface area contributed by atoms with Gasteiger partial charge >= 0.3 is 0 Å². The molecule has 0 saturated heterocycles. The molecule has 25 heavy (non-hydrogen) atoms. The smallest absolute Gasteiger partial charge is 0.125 e. The molecular formula is C23H39NO. The van der Waals surface area contributed by atoms with Crippen molar-refractivity contribution < 1.29 is 5.11 Å². The predicted octanol–water partition coefficient (Wildman–Crippen LogP) is 6.35. The Morgan fingerprint density at radius 3 is 2.16 bits per heavy atom. The average Bonchev–Trinajstić information content (AvgIpc) is 2.60. The second kappa shape index (κ2) is 13.0. The first-order chi connectivity index (χ1) is 12.1. The normalized spacial score (nSPS) is 11.7. The van der Waals surface area contributed by atoms with E-state index >= 15 is 0 Å². The van der Waals surface area contributed by atoms with Crippen LogP contribution in [0.5, 0.6) is 5.75 Å². The van der Waals surface area contributed by atoms with Gasteiger partial charge in [0, 0.05) is 5.56 Å². The van der Waals surface area contributed by atoms with Gasteiger partial charge in [-0.1, -0.05) is 58.3 Å². The molecule has 0 spiro atoms. The molecule has 0 bridgehead atoms. The van der Waals surface area contributed by atoms with Crippen LogP contribution in [-0.4, -0.2) is 29.6 Å². The van der Waals surface area contributed by atoms with Crippen LogP contribution in [0, 0.1) is 6.92 Å². The number of hydrogen-bond donors (Lipinski definition) is 1. The zero-order chi connectivity index (χ0) is 18.5. The number of allylic oxidation sites excluding steroid dienone is 1. The van der Waals surface area contributed by atoms with Crippen molar-refractivity contribution in [1.29, 1.82) is 0 Å². The Labute approximate surface area is 155 Å². The monoisotopic (exact) mass is 345 g/mol. The van der Waals surface area contributed by atoms with Crippen LogP contribution in [0.4, 0.5) is 0 Å². The van der Waals surface area contributed by atoms with Gasteiger partial charge in [-0.05, 0) is 75.9 Å². The summed E-state index contributed by atoms with van der Waals surface area (Å²) in [5, 5.41) is 10.6. The Kier molecular flexibility index (Phi) is 11.3. The standard InChI is InChI=1S/C23H39NO/c1-5-8-11-13-21-18-20(4)19-22(23(21)25)14-12-17-24(15-9-6-2)16-10-7-3/h11,13,18-19,25H,5-10,12,14-17H2,1-4H3/b13-11+. The average molecular weight is 346 g/mol. The molecule has 2 heteroatoms. The van der Waals surface area contributed by atoms with E-state index in [1.54, 1.807) is 0 Å². The van der Waals surface area contributed by atoms with Gasteiger partial charge in [-0.2, -0.15) is 0 Å². The molecule has 0 radical (unpaired) electrons. The minimum atomic E-state index is 0.478. The number of aryl methyl sites for hydroxylation is 2. The highest BCUT2D eigenvalue weighted by Gasteiger charge is 2.09. The maximum absolute atomic E-state index is 10.6. The fraction of sp³-hybridized carbons (Fsp3) is 0.652. The zero-order valence-electron chi connectivity index (χ0n) is 17.0. The highest BCUT2D eigenvalue weighted by Crippen LogP contribution is 2.27. The molecular weight excluding hydrogens is 306 g/mol. The van der Waals surface area contributed by atoms with Crippen molar-refractivity contribution in [3.05, 3.63) is 34.9 Å². The zero-order valence-corrected chi connectivity index (χ0v) is 17.0. The van der Waals surface area contributed by atoms with Gasteiger partial charge in [0.15, 0.2) is 0 Å². The Balaban J connectivity index is 2.65. The number of phenolic OH excluding ortho intramolecular Hbond substituents is 1. The number of rotatable bonds is 13. The summed E-state index contributed by atoms with van der Waals surface area (Å²) in [7, 11) is 0. The van der Waals surface area contributed by atoms with Crippen LogP contribution in [0.25, 0.3) is 6.08 Å². The molecule has 0 aliphatic heterocycles. The molecule has 0 amide bonds. The molecule has 1 aromatic carbocycles. The van der Waals surface area contributed by atoms with Gasteiger partial charge in [-0.15, -0.1) is 0 Å². The van der Waals surface area contributed by atoms with Crippen molar-refractivity contribution in [2.75, 3.05) is 19.6 Å². The lowest BCUT2D eigenvalue weighted by Gasteiger charge is -2.22. The number of nitrogens with zero attached hydrogens (tertiary/aromatic N) is 1. The summed E-state index contributed by atoms with van der Waals surface area (Å²) in [6, 6.07) is 4.23. The van der Waals surface area contributed by atoms with Crippen LogP contribution in [-0.2, 0) is 6.42 Å². The van der Waals surface area contributed by atoms with E-state index in [9.17, 15) is 5.11 Å². The molecule has 1 aromatic rings. The minimum absolute atomic E-state index is 0.478. The van der Waals surface area contributed by atoms with Gasteiger partial charge in [0.1, 0.15) is 5.75 Å². The first kappa shape index (κ1) is 21.8. The van der Waals surface area contributed by atoms with E-state index in [0.717, 1.165) is 43.4 Å². The molecule has 0 aliphatic carbocycles. The van der Waals surface area contributed by atoms with Gasteiger partial charge in [-0.25, -0.2) is 0 Å². The summed E-state index contributed by atoms with van der Waals surface area (Å²) in [5.41, 5.74) is 3.30. The fourth-order valence-electron chi connectivity index (χ4n) is 3.17. The van der Waals surface area contributed by atoms with Crippen LogP contribution < -0.4 is 0 Å². The Bertz CT molecular complexity index is 499. The first-order valence-corrected chi connectivity index (χ1v) is 10.3. The molecule has 0 unspecified atom stereocenters. The molecule has 1 rings (SSSR count). The van der Waals surface area contributed by atoms with E-state index in [4.69, 9.17) is 0 Å². The predicted molar refractivity (Wildman–Crippen MR) is 111 cm³/mol. The van der Waals surface area contributed by atoms with Crippen LogP contribution in [0.2, 0.25) is 0 Å². The SMILES string of the molecule is CCC/C=C/c1cc(C)cc(CCCN(CCCC)CCCC)c1O. The lowest BCUT2D eigenvalue weighted by molar-refractivity contribution is 0.262. The largest absolute Gasteiger partial charge is 0.507 e. The number of benzene rings is 1. The van der Waals surface area contributed by atoms with E-state index in [2.05, 4.69) is 56.9 Å². The lowest BCUT2D eigenvalue weighted by atomic mass is 10.00. The van der Waals surface area contributed by atoms with Crippen molar-refractivity contribution in [1.82, 2.24) is 4.90 Å². The molecule has 2 nitrogen and oxygen atoms in total. The third-order valence-electron chi connectivity index (χ3n) is 4.69. The highest BCUT2D eigenvalue weighted by molar-refractivity contribution is 5.60. The van der Waals surface area contributed by atoms with Crippen molar-refractivity contribution >= 4 is 6.08 Å². The van der Waals surface area contributed by atoms with Crippen LogP contribution in [0.3, 0.4) is 0 Å². The molecule has 0 heterocycles. The summed E-state index contributed by atoms with van der Waals surface area (Å²) >= 11 is 0. The summed E-state index contributed by atoms with van der Waals surface area (Å²) < 4.78 is 0. The van der Waals surface area contributed by atoms with Crippen LogP contribution >= 0.6 is 0 Å².